The van der Waals surface area contributed by atoms with Crippen LogP contribution in [0.3, 0.4) is 0 Å². The van der Waals surface area contributed by atoms with Gasteiger partial charge in [0.1, 0.15) is 5.75 Å². The molecular weight excluding hydrogens is 380 g/mol. The van der Waals surface area contributed by atoms with Gasteiger partial charge in [-0.3, -0.25) is 4.79 Å². The monoisotopic (exact) mass is 400 g/mol. The first-order chi connectivity index (χ1) is 12.9. The number of ether oxygens (including phenoxy) is 1. The number of carbonyl (C=O) groups is 1. The van der Waals surface area contributed by atoms with Gasteiger partial charge in [-0.15, -0.1) is 0 Å². The van der Waals surface area contributed by atoms with Gasteiger partial charge in [-0.2, -0.15) is 0 Å². The van der Waals surface area contributed by atoms with Crippen LogP contribution in [0.15, 0.2) is 52.4 Å². The molecule has 3 rings (SSSR count). The average Bonchev–Trinajstić information content (AvgIpc) is 2.96. The second kappa shape index (κ2) is 8.63. The zero-order chi connectivity index (χ0) is 19.4. The number of rotatable bonds is 5. The van der Waals surface area contributed by atoms with Crippen molar-refractivity contribution in [2.24, 2.45) is 10.9 Å². The summed E-state index contributed by atoms with van der Waals surface area (Å²) in [5.74, 6) is 1.15. The number of aliphatic imine (C=N–C) groups is 1. The number of amides is 1. The highest BCUT2D eigenvalue weighted by Crippen LogP contribution is 2.29. The lowest BCUT2D eigenvalue weighted by atomic mass is 10.2. The van der Waals surface area contributed by atoms with E-state index < -0.39 is 0 Å². The minimum atomic E-state index is -0.155. The van der Waals surface area contributed by atoms with Gasteiger partial charge in [0.05, 0.1) is 17.2 Å². The maximum Gasteiger partial charge on any atom is 0.264 e. The lowest BCUT2D eigenvalue weighted by Gasteiger charge is -2.08. The molecule has 2 aromatic rings. The van der Waals surface area contributed by atoms with Gasteiger partial charge >= 0.3 is 0 Å². The standard InChI is InChI=1S/C21H21ClN2O2S/c1-13(2)12-26-17-8-5-15(6-9-17)10-19-20(25)24-21(27-19)23-16-7-4-14(3)18(22)11-16/h4-11,13H,12H2,1-3H3,(H,23,24,25)/b19-10-. The summed E-state index contributed by atoms with van der Waals surface area (Å²) < 4.78 is 5.68. The summed E-state index contributed by atoms with van der Waals surface area (Å²) >= 11 is 7.44. The summed E-state index contributed by atoms with van der Waals surface area (Å²) in [6.45, 7) is 6.84. The molecule has 6 heteroatoms. The molecule has 0 unspecified atom stereocenters. The van der Waals surface area contributed by atoms with Gasteiger partial charge in [-0.1, -0.05) is 43.6 Å². The Labute approximate surface area is 168 Å². The second-order valence-electron chi connectivity index (χ2n) is 6.69. The van der Waals surface area contributed by atoms with Crippen molar-refractivity contribution in [3.8, 4) is 5.75 Å². The Morgan fingerprint density at radius 2 is 1.96 bits per heavy atom. The normalized spacial score (nSPS) is 17.0. The predicted molar refractivity (Wildman–Crippen MR) is 114 cm³/mol. The van der Waals surface area contributed by atoms with E-state index in [1.165, 1.54) is 11.8 Å². The van der Waals surface area contributed by atoms with Crippen molar-refractivity contribution >= 4 is 46.2 Å². The van der Waals surface area contributed by atoms with Crippen molar-refractivity contribution in [3.63, 3.8) is 0 Å². The maximum atomic E-state index is 12.2. The summed E-state index contributed by atoms with van der Waals surface area (Å²) in [5, 5.41) is 3.99. The van der Waals surface area contributed by atoms with Crippen LogP contribution >= 0.6 is 23.4 Å². The quantitative estimate of drug-likeness (QED) is 0.667. The number of carbonyl (C=O) groups excluding carboxylic acids is 1. The Morgan fingerprint density at radius 3 is 2.63 bits per heavy atom. The fourth-order valence-corrected chi connectivity index (χ4v) is 3.34. The van der Waals surface area contributed by atoms with E-state index in [9.17, 15) is 4.79 Å². The van der Waals surface area contributed by atoms with Gasteiger partial charge in [0.2, 0.25) is 0 Å². The Balaban J connectivity index is 1.71. The fourth-order valence-electron chi connectivity index (χ4n) is 2.32. The van der Waals surface area contributed by atoms with E-state index in [-0.39, 0.29) is 5.91 Å². The first-order valence-corrected chi connectivity index (χ1v) is 9.89. The van der Waals surface area contributed by atoms with Crippen LogP contribution in [0, 0.1) is 12.8 Å². The molecular formula is C21H21ClN2O2S. The number of hydrogen-bond donors (Lipinski definition) is 1. The van der Waals surface area contributed by atoms with E-state index in [0.29, 0.717) is 33.3 Å². The molecule has 1 heterocycles. The lowest BCUT2D eigenvalue weighted by molar-refractivity contribution is -0.115. The SMILES string of the molecule is Cc1ccc(N=C2NC(=O)/C(=C/c3ccc(OCC(C)C)cc3)S2)cc1Cl. The van der Waals surface area contributed by atoms with Crippen LogP contribution in [0.4, 0.5) is 5.69 Å². The van der Waals surface area contributed by atoms with Crippen molar-refractivity contribution in [2.45, 2.75) is 20.8 Å². The van der Waals surface area contributed by atoms with Gasteiger partial charge in [0, 0.05) is 5.02 Å². The number of halogens is 1. The summed E-state index contributed by atoms with van der Waals surface area (Å²) in [5.41, 5.74) is 2.63. The van der Waals surface area contributed by atoms with Gasteiger partial charge in [0.25, 0.3) is 5.91 Å². The fraction of sp³-hybridized carbons (Fsp3) is 0.238. The maximum absolute atomic E-state index is 12.2. The third-order valence-electron chi connectivity index (χ3n) is 3.80. The van der Waals surface area contributed by atoms with E-state index in [1.807, 2.05) is 49.4 Å². The molecule has 1 aliphatic heterocycles. The molecule has 0 aromatic heterocycles. The van der Waals surface area contributed by atoms with Gasteiger partial charge in [0.15, 0.2) is 5.17 Å². The summed E-state index contributed by atoms with van der Waals surface area (Å²) in [7, 11) is 0. The number of nitrogens with zero attached hydrogens (tertiary/aromatic N) is 1. The third kappa shape index (κ3) is 5.37. The van der Waals surface area contributed by atoms with Crippen LogP contribution < -0.4 is 10.1 Å². The molecule has 1 aliphatic rings. The molecule has 0 bridgehead atoms. The van der Waals surface area contributed by atoms with Crippen molar-refractivity contribution in [1.29, 1.82) is 0 Å². The van der Waals surface area contributed by atoms with Gasteiger partial charge in [-0.25, -0.2) is 4.99 Å². The summed E-state index contributed by atoms with van der Waals surface area (Å²) in [4.78, 5) is 17.3. The van der Waals surface area contributed by atoms with Crippen LogP contribution in [0.25, 0.3) is 6.08 Å². The highest BCUT2D eigenvalue weighted by Gasteiger charge is 2.23. The Kier molecular flexibility index (Phi) is 6.24. The summed E-state index contributed by atoms with van der Waals surface area (Å²) in [6, 6.07) is 13.3. The number of hydrogen-bond acceptors (Lipinski definition) is 4. The molecule has 0 atom stereocenters. The average molecular weight is 401 g/mol. The number of benzene rings is 2. The minimum absolute atomic E-state index is 0.155. The van der Waals surface area contributed by atoms with Crippen LogP contribution in [-0.4, -0.2) is 17.7 Å². The van der Waals surface area contributed by atoms with Crippen LogP contribution in [0.2, 0.25) is 5.02 Å². The molecule has 2 aromatic carbocycles. The molecule has 0 saturated carbocycles. The van der Waals surface area contributed by atoms with Crippen molar-refractivity contribution < 1.29 is 9.53 Å². The van der Waals surface area contributed by atoms with E-state index in [1.54, 1.807) is 6.07 Å². The molecule has 27 heavy (non-hydrogen) atoms. The zero-order valence-electron chi connectivity index (χ0n) is 15.5. The molecule has 0 radical (unpaired) electrons. The first kappa shape index (κ1) is 19.5. The van der Waals surface area contributed by atoms with Crippen LogP contribution in [-0.2, 0) is 4.79 Å². The first-order valence-electron chi connectivity index (χ1n) is 8.69. The molecule has 1 N–H and O–H groups in total. The van der Waals surface area contributed by atoms with E-state index in [4.69, 9.17) is 16.3 Å². The summed E-state index contributed by atoms with van der Waals surface area (Å²) in [6.07, 6.45) is 1.84. The Hall–Kier alpha value is -2.24. The topological polar surface area (TPSA) is 50.7 Å². The predicted octanol–water partition coefficient (Wildman–Crippen LogP) is 5.57. The molecule has 1 saturated heterocycles. The van der Waals surface area contributed by atoms with Crippen LogP contribution in [0.5, 0.6) is 5.75 Å². The van der Waals surface area contributed by atoms with Crippen molar-refractivity contribution in [3.05, 3.63) is 63.5 Å². The van der Waals surface area contributed by atoms with E-state index in [0.717, 1.165) is 16.9 Å². The van der Waals surface area contributed by atoms with Crippen LogP contribution in [0.1, 0.15) is 25.0 Å². The second-order valence-corrected chi connectivity index (χ2v) is 8.13. The molecule has 0 spiro atoms. The molecule has 4 nitrogen and oxygen atoms in total. The molecule has 140 valence electrons. The number of nitrogens with one attached hydrogen (secondary N) is 1. The van der Waals surface area contributed by atoms with Gasteiger partial charge in [-0.05, 0) is 66.1 Å². The minimum Gasteiger partial charge on any atom is -0.493 e. The smallest absolute Gasteiger partial charge is 0.264 e. The Bertz CT molecular complexity index is 905. The van der Waals surface area contributed by atoms with E-state index >= 15 is 0 Å². The number of thioether (sulfide) groups is 1. The van der Waals surface area contributed by atoms with Gasteiger partial charge < -0.3 is 10.1 Å². The largest absolute Gasteiger partial charge is 0.493 e. The van der Waals surface area contributed by atoms with Crippen molar-refractivity contribution in [2.75, 3.05) is 6.61 Å². The highest BCUT2D eigenvalue weighted by molar-refractivity contribution is 8.18. The van der Waals surface area contributed by atoms with E-state index in [2.05, 4.69) is 24.2 Å². The lowest BCUT2D eigenvalue weighted by Crippen LogP contribution is -2.19. The van der Waals surface area contributed by atoms with Crippen molar-refractivity contribution in [1.82, 2.24) is 5.32 Å². The highest BCUT2D eigenvalue weighted by atomic mass is 35.5. The molecule has 1 amide bonds. The Morgan fingerprint density at radius 1 is 1.22 bits per heavy atom. The zero-order valence-corrected chi connectivity index (χ0v) is 17.0. The molecule has 1 fully saturated rings. The molecule has 0 aliphatic carbocycles. The number of aryl methyl sites for hydroxylation is 1. The third-order valence-corrected chi connectivity index (χ3v) is 5.12. The number of amidine groups is 1.